The minimum Gasteiger partial charge on any atom is -0.493 e. The minimum atomic E-state index is -0.792. The Morgan fingerprint density at radius 2 is 1.65 bits per heavy atom. The zero-order valence-corrected chi connectivity index (χ0v) is 13.0. The molecule has 2 unspecified atom stereocenters. The van der Waals surface area contributed by atoms with Gasteiger partial charge in [0.05, 0.1) is 13.7 Å². The Bertz CT molecular complexity index is 633. The first-order chi connectivity index (χ1) is 11.2. The lowest BCUT2D eigenvalue weighted by atomic mass is 10.1. The number of methoxy groups -OCH3 is 1. The predicted octanol–water partition coefficient (Wildman–Crippen LogP) is 2.83. The number of benzene rings is 2. The number of aliphatic hydroxyl groups excluding tert-OH is 1. The number of aliphatic hydroxyl groups is 1. The highest BCUT2D eigenvalue weighted by molar-refractivity contribution is 5.39. The fourth-order valence-corrected chi connectivity index (χ4v) is 2.05. The van der Waals surface area contributed by atoms with Crippen LogP contribution in [0.4, 0.5) is 0 Å². The fourth-order valence-electron chi connectivity index (χ4n) is 2.05. The van der Waals surface area contributed by atoms with Crippen molar-refractivity contribution in [2.75, 3.05) is 20.3 Å². The molecule has 0 heterocycles. The van der Waals surface area contributed by atoms with Crippen molar-refractivity contribution in [1.82, 2.24) is 0 Å². The molecule has 120 valence electrons. The lowest BCUT2D eigenvalue weighted by Crippen LogP contribution is -2.24. The minimum absolute atomic E-state index is 0.0823. The first-order valence-corrected chi connectivity index (χ1v) is 7.31. The number of hydrogen-bond acceptors (Lipinski definition) is 4. The van der Waals surface area contributed by atoms with Crippen LogP contribution in [-0.4, -0.2) is 31.5 Å². The van der Waals surface area contributed by atoms with Gasteiger partial charge in [0.15, 0.2) is 11.5 Å². The normalized spacial score (nSPS) is 12.9. The molecule has 0 bridgehead atoms. The van der Waals surface area contributed by atoms with E-state index in [0.29, 0.717) is 11.5 Å². The fraction of sp³-hybridized carbons (Fsp3) is 0.263. The van der Waals surface area contributed by atoms with Crippen LogP contribution in [0.1, 0.15) is 11.7 Å². The van der Waals surface area contributed by atoms with E-state index in [1.54, 1.807) is 19.2 Å². The highest BCUT2D eigenvalue weighted by Gasteiger charge is 2.13. The van der Waals surface area contributed by atoms with Gasteiger partial charge < -0.3 is 19.3 Å². The van der Waals surface area contributed by atoms with Crippen LogP contribution in [0.25, 0.3) is 0 Å². The summed E-state index contributed by atoms with van der Waals surface area (Å²) in [5.41, 5.74) is 0.882. The summed E-state index contributed by atoms with van der Waals surface area (Å²) in [6.07, 6.45) is 4.21. The molecule has 2 rings (SSSR count). The average molecular weight is 312 g/mol. The van der Waals surface area contributed by atoms with Gasteiger partial charge in [-0.3, -0.25) is 0 Å². The lowest BCUT2D eigenvalue weighted by molar-refractivity contribution is -0.00730. The molecule has 0 saturated carbocycles. The van der Waals surface area contributed by atoms with Gasteiger partial charge in [-0.15, -0.1) is 6.42 Å². The molecule has 4 heteroatoms. The topological polar surface area (TPSA) is 47.9 Å². The molecule has 0 fully saturated rings. The highest BCUT2D eigenvalue weighted by atomic mass is 16.5. The summed E-state index contributed by atoms with van der Waals surface area (Å²) in [4.78, 5) is 0. The molecular formula is C19H20O4. The second-order valence-electron chi connectivity index (χ2n) is 4.91. The molecule has 0 amide bonds. The van der Waals surface area contributed by atoms with Crippen molar-refractivity contribution >= 4 is 0 Å². The summed E-state index contributed by atoms with van der Waals surface area (Å²) >= 11 is 0. The van der Waals surface area contributed by atoms with Crippen LogP contribution in [0, 0.1) is 12.3 Å². The number of rotatable bonds is 8. The molecular weight excluding hydrogens is 292 g/mol. The van der Waals surface area contributed by atoms with Crippen LogP contribution < -0.4 is 9.47 Å². The molecule has 2 aromatic carbocycles. The van der Waals surface area contributed by atoms with Gasteiger partial charge in [0.25, 0.3) is 0 Å². The third kappa shape index (κ3) is 5.03. The predicted molar refractivity (Wildman–Crippen MR) is 88.5 cm³/mol. The average Bonchev–Trinajstić information content (AvgIpc) is 2.61. The van der Waals surface area contributed by atoms with E-state index in [1.165, 1.54) is 0 Å². The van der Waals surface area contributed by atoms with Gasteiger partial charge in [-0.05, 0) is 17.7 Å². The van der Waals surface area contributed by atoms with E-state index in [0.717, 1.165) is 5.56 Å². The SMILES string of the molecule is C#CC(OCC(O)COc1ccccc1OC)c1ccccc1. The van der Waals surface area contributed by atoms with Crippen molar-refractivity contribution in [2.24, 2.45) is 0 Å². The monoisotopic (exact) mass is 312 g/mol. The standard InChI is InChI=1S/C19H20O4/c1-3-17(15-9-5-4-6-10-15)22-13-16(20)14-23-19-12-8-7-11-18(19)21-2/h1,4-12,16-17,20H,13-14H2,2H3. The quantitative estimate of drug-likeness (QED) is 0.762. The Balaban J connectivity index is 1.83. The Kier molecular flexibility index (Phi) is 6.49. The van der Waals surface area contributed by atoms with Gasteiger partial charge in [-0.25, -0.2) is 0 Å². The summed E-state index contributed by atoms with van der Waals surface area (Å²) in [5.74, 6) is 3.76. The van der Waals surface area contributed by atoms with Crippen LogP contribution >= 0.6 is 0 Å². The number of terminal acetylenes is 1. The maximum atomic E-state index is 10.0. The molecule has 2 aromatic rings. The molecule has 2 atom stereocenters. The van der Waals surface area contributed by atoms with E-state index in [1.807, 2.05) is 42.5 Å². The summed E-state index contributed by atoms with van der Waals surface area (Å²) in [6, 6.07) is 16.7. The maximum Gasteiger partial charge on any atom is 0.161 e. The third-order valence-electron chi connectivity index (χ3n) is 3.21. The van der Waals surface area contributed by atoms with Gasteiger partial charge in [-0.1, -0.05) is 48.4 Å². The van der Waals surface area contributed by atoms with E-state index in [2.05, 4.69) is 5.92 Å². The summed E-state index contributed by atoms with van der Waals surface area (Å²) in [7, 11) is 1.57. The summed E-state index contributed by atoms with van der Waals surface area (Å²) < 4.78 is 16.3. The van der Waals surface area contributed by atoms with E-state index in [4.69, 9.17) is 20.6 Å². The highest BCUT2D eigenvalue weighted by Crippen LogP contribution is 2.25. The molecule has 4 nitrogen and oxygen atoms in total. The molecule has 0 spiro atoms. The van der Waals surface area contributed by atoms with Gasteiger partial charge in [-0.2, -0.15) is 0 Å². The van der Waals surface area contributed by atoms with Crippen molar-refractivity contribution in [1.29, 1.82) is 0 Å². The molecule has 0 radical (unpaired) electrons. The zero-order valence-electron chi connectivity index (χ0n) is 13.0. The van der Waals surface area contributed by atoms with Crippen LogP contribution in [0.3, 0.4) is 0 Å². The first kappa shape index (κ1) is 16.9. The first-order valence-electron chi connectivity index (χ1n) is 7.31. The Morgan fingerprint density at radius 1 is 1.00 bits per heavy atom. The number of ether oxygens (including phenoxy) is 3. The smallest absolute Gasteiger partial charge is 0.161 e. The summed E-state index contributed by atoms with van der Waals surface area (Å²) in [5, 5.41) is 10.0. The molecule has 0 aromatic heterocycles. The van der Waals surface area contributed by atoms with E-state index < -0.39 is 12.2 Å². The van der Waals surface area contributed by atoms with Crippen molar-refractivity contribution in [2.45, 2.75) is 12.2 Å². The zero-order chi connectivity index (χ0) is 16.5. The maximum absolute atomic E-state index is 10.0. The Morgan fingerprint density at radius 3 is 2.30 bits per heavy atom. The Hall–Kier alpha value is -2.48. The molecule has 0 aliphatic carbocycles. The molecule has 0 aliphatic rings. The largest absolute Gasteiger partial charge is 0.493 e. The van der Waals surface area contributed by atoms with Crippen LogP contribution in [0.15, 0.2) is 54.6 Å². The van der Waals surface area contributed by atoms with Crippen LogP contribution in [0.2, 0.25) is 0 Å². The van der Waals surface area contributed by atoms with Gasteiger partial charge >= 0.3 is 0 Å². The molecule has 0 saturated heterocycles. The van der Waals surface area contributed by atoms with E-state index >= 15 is 0 Å². The third-order valence-corrected chi connectivity index (χ3v) is 3.21. The van der Waals surface area contributed by atoms with Crippen molar-refractivity contribution in [3.05, 3.63) is 60.2 Å². The lowest BCUT2D eigenvalue weighted by Gasteiger charge is -2.17. The van der Waals surface area contributed by atoms with Crippen LogP contribution in [-0.2, 0) is 4.74 Å². The second-order valence-corrected chi connectivity index (χ2v) is 4.91. The van der Waals surface area contributed by atoms with Gasteiger partial charge in [0, 0.05) is 0 Å². The Labute approximate surface area is 136 Å². The summed E-state index contributed by atoms with van der Waals surface area (Å²) in [6.45, 7) is 0.172. The molecule has 0 aliphatic heterocycles. The van der Waals surface area contributed by atoms with E-state index in [-0.39, 0.29) is 13.2 Å². The van der Waals surface area contributed by atoms with Gasteiger partial charge in [0.1, 0.15) is 18.8 Å². The molecule has 1 N–H and O–H groups in total. The van der Waals surface area contributed by atoms with E-state index in [9.17, 15) is 5.11 Å². The number of hydrogen-bond donors (Lipinski definition) is 1. The second kappa shape index (κ2) is 8.84. The van der Waals surface area contributed by atoms with Crippen molar-refractivity contribution in [3.63, 3.8) is 0 Å². The van der Waals surface area contributed by atoms with Crippen molar-refractivity contribution < 1.29 is 19.3 Å². The molecule has 23 heavy (non-hydrogen) atoms. The number of para-hydroxylation sites is 2. The van der Waals surface area contributed by atoms with Crippen molar-refractivity contribution in [3.8, 4) is 23.8 Å². The van der Waals surface area contributed by atoms with Gasteiger partial charge in [0.2, 0.25) is 0 Å². The van der Waals surface area contributed by atoms with Crippen LogP contribution in [0.5, 0.6) is 11.5 Å².